The number of fused-ring (bicyclic) bond motifs is 1. The van der Waals surface area contributed by atoms with Crippen molar-refractivity contribution in [1.82, 2.24) is 14.9 Å². The van der Waals surface area contributed by atoms with Crippen molar-refractivity contribution in [3.05, 3.63) is 53.9 Å². The Bertz CT molecular complexity index is 698. The van der Waals surface area contributed by atoms with Gasteiger partial charge in [0.25, 0.3) is 0 Å². The van der Waals surface area contributed by atoms with E-state index < -0.39 is 0 Å². The Morgan fingerprint density at radius 3 is 3.09 bits per heavy atom. The maximum absolute atomic E-state index is 12.2. The van der Waals surface area contributed by atoms with E-state index in [1.54, 1.807) is 6.20 Å². The molecule has 0 bridgehead atoms. The lowest BCUT2D eigenvalue weighted by Gasteiger charge is -2.10. The molecule has 2 aromatic rings. The highest BCUT2D eigenvalue weighted by molar-refractivity contribution is 5.77. The number of hydrogen-bond donors (Lipinski definition) is 1. The fourth-order valence-corrected chi connectivity index (χ4v) is 1.97. The van der Waals surface area contributed by atoms with E-state index in [2.05, 4.69) is 21.8 Å². The summed E-state index contributed by atoms with van der Waals surface area (Å²) in [6.45, 7) is 2.78. The Kier molecular flexibility index (Phi) is 5.93. The van der Waals surface area contributed by atoms with Crippen LogP contribution >= 0.6 is 0 Å². The summed E-state index contributed by atoms with van der Waals surface area (Å²) < 4.78 is 12.2. The molecule has 0 amide bonds. The van der Waals surface area contributed by atoms with E-state index in [0.29, 0.717) is 13.1 Å². The molecule has 2 heterocycles. The number of aromatic nitrogens is 2. The van der Waals surface area contributed by atoms with Gasteiger partial charge in [-0.1, -0.05) is 18.1 Å². The maximum atomic E-state index is 12.2. The van der Waals surface area contributed by atoms with E-state index in [9.17, 15) is 4.39 Å². The van der Waals surface area contributed by atoms with Crippen LogP contribution in [0.1, 0.15) is 12.6 Å². The lowest BCUT2D eigenvalue weighted by atomic mass is 10.2. The van der Waals surface area contributed by atoms with Gasteiger partial charge in [0.1, 0.15) is 12.3 Å². The average Bonchev–Trinajstić information content (AvgIpc) is 2.93. The van der Waals surface area contributed by atoms with Gasteiger partial charge in [-0.05, 0) is 44.2 Å². The topological polar surface area (TPSA) is 31.9 Å². The molecule has 3 nitrogen and oxygen atoms in total. The number of allylic oxidation sites excluding steroid dienone is 3. The predicted molar refractivity (Wildman–Crippen MR) is 89.3 cm³/mol. The monoisotopic (exact) mass is 297 g/mol. The van der Waals surface area contributed by atoms with Gasteiger partial charge >= 0.3 is 0 Å². The molecule has 2 rings (SSSR count). The van der Waals surface area contributed by atoms with E-state index in [1.165, 1.54) is 0 Å². The van der Waals surface area contributed by atoms with Gasteiger partial charge < -0.3 is 9.88 Å². The van der Waals surface area contributed by atoms with Gasteiger partial charge in [-0.15, -0.1) is 0 Å². The minimum absolute atomic E-state index is 0.324. The second kappa shape index (κ2) is 8.16. The number of aromatic amines is 1. The number of nitrogens with one attached hydrogen (secondary N) is 1. The summed E-state index contributed by atoms with van der Waals surface area (Å²) in [6, 6.07) is 5.89. The Labute approximate surface area is 130 Å². The summed E-state index contributed by atoms with van der Waals surface area (Å²) in [4.78, 5) is 9.34. The van der Waals surface area contributed by atoms with Crippen molar-refractivity contribution in [2.75, 3.05) is 26.8 Å². The second-order valence-corrected chi connectivity index (χ2v) is 4.97. The summed E-state index contributed by atoms with van der Waals surface area (Å²) >= 11 is 0. The number of nitrogens with zero attached hydrogens (tertiary/aromatic N) is 2. The first-order chi connectivity index (χ1) is 10.7. The van der Waals surface area contributed by atoms with Crippen molar-refractivity contribution in [1.29, 1.82) is 0 Å². The van der Waals surface area contributed by atoms with Crippen molar-refractivity contribution >= 4 is 11.0 Å². The van der Waals surface area contributed by atoms with Crippen LogP contribution in [0.25, 0.3) is 11.0 Å². The third kappa shape index (κ3) is 4.57. The molecule has 1 N–H and O–H groups in total. The molecule has 114 valence electrons. The number of pyridine rings is 1. The molecule has 2 aromatic heterocycles. The minimum atomic E-state index is -0.324. The summed E-state index contributed by atoms with van der Waals surface area (Å²) in [7, 11) is 1.89. The zero-order chi connectivity index (χ0) is 15.8. The highest BCUT2D eigenvalue weighted by Gasteiger charge is 1.97. The van der Waals surface area contributed by atoms with Crippen LogP contribution in [0.15, 0.2) is 48.2 Å². The van der Waals surface area contributed by atoms with Crippen LogP contribution < -0.4 is 0 Å². The highest BCUT2D eigenvalue weighted by Crippen LogP contribution is 2.11. The fourth-order valence-electron chi connectivity index (χ4n) is 1.97. The molecule has 22 heavy (non-hydrogen) atoms. The van der Waals surface area contributed by atoms with Gasteiger partial charge in [-0.2, -0.15) is 0 Å². The number of rotatable bonds is 5. The van der Waals surface area contributed by atoms with Crippen molar-refractivity contribution in [2.45, 2.75) is 6.92 Å². The van der Waals surface area contributed by atoms with Crippen LogP contribution in [0.2, 0.25) is 0 Å². The highest BCUT2D eigenvalue weighted by atomic mass is 19.1. The number of halogens is 1. The molecule has 0 aliphatic carbocycles. The van der Waals surface area contributed by atoms with E-state index in [1.807, 2.05) is 55.3 Å². The van der Waals surface area contributed by atoms with Crippen LogP contribution in [0, 0.1) is 11.8 Å². The van der Waals surface area contributed by atoms with Gasteiger partial charge in [0.05, 0.1) is 5.69 Å². The van der Waals surface area contributed by atoms with E-state index in [-0.39, 0.29) is 6.67 Å². The van der Waals surface area contributed by atoms with E-state index in [0.717, 1.165) is 22.3 Å². The minimum Gasteiger partial charge on any atom is -0.333 e. The van der Waals surface area contributed by atoms with E-state index >= 15 is 0 Å². The predicted octanol–water partition coefficient (Wildman–Crippen LogP) is 3.32. The molecule has 4 heteroatoms. The zero-order valence-corrected chi connectivity index (χ0v) is 12.9. The lowest BCUT2D eigenvalue weighted by molar-refractivity contribution is 0.320. The van der Waals surface area contributed by atoms with Gasteiger partial charge in [0.15, 0.2) is 0 Å². The van der Waals surface area contributed by atoms with Crippen molar-refractivity contribution in [3.63, 3.8) is 0 Å². The first kappa shape index (κ1) is 16.0. The normalized spacial score (nSPS) is 12.1. The number of likely N-dealkylation sites (N-methyl/N-ethyl adjacent to an activating group) is 1. The third-order valence-electron chi connectivity index (χ3n) is 3.23. The second-order valence-electron chi connectivity index (χ2n) is 4.97. The van der Waals surface area contributed by atoms with Crippen LogP contribution in [0.5, 0.6) is 0 Å². The first-order valence-corrected chi connectivity index (χ1v) is 7.26. The summed E-state index contributed by atoms with van der Waals surface area (Å²) in [5.41, 5.74) is 2.62. The zero-order valence-electron chi connectivity index (χ0n) is 12.9. The van der Waals surface area contributed by atoms with Crippen molar-refractivity contribution in [3.8, 4) is 11.8 Å². The molecule has 0 fully saturated rings. The van der Waals surface area contributed by atoms with Gasteiger partial charge in [0.2, 0.25) is 0 Å². The Hall–Kier alpha value is -2.38. The van der Waals surface area contributed by atoms with Gasteiger partial charge in [0, 0.05) is 30.2 Å². The molecular formula is C18H20FN3. The Balaban J connectivity index is 2.03. The molecule has 0 aliphatic rings. The molecule has 0 aliphatic heterocycles. The molecule has 0 atom stereocenters. The molecule has 0 aromatic carbocycles. The van der Waals surface area contributed by atoms with Crippen LogP contribution in [0.3, 0.4) is 0 Å². The SMILES string of the molecule is C/C=C(C#Cc1cc2cccnc2[nH]1)\C=C/CN(C)CCF. The van der Waals surface area contributed by atoms with Gasteiger partial charge in [-0.25, -0.2) is 9.37 Å². The summed E-state index contributed by atoms with van der Waals surface area (Å²) in [5.74, 6) is 6.23. The average molecular weight is 297 g/mol. The van der Waals surface area contributed by atoms with Crippen molar-refractivity contribution in [2.24, 2.45) is 0 Å². The Morgan fingerprint density at radius 2 is 2.36 bits per heavy atom. The van der Waals surface area contributed by atoms with Crippen molar-refractivity contribution < 1.29 is 4.39 Å². The summed E-state index contributed by atoms with van der Waals surface area (Å²) in [6.07, 6.45) is 7.67. The van der Waals surface area contributed by atoms with Crippen LogP contribution in [-0.4, -0.2) is 41.7 Å². The molecule has 0 unspecified atom stereocenters. The maximum Gasteiger partial charge on any atom is 0.138 e. The fraction of sp³-hybridized carbons (Fsp3) is 0.278. The largest absolute Gasteiger partial charge is 0.333 e. The Morgan fingerprint density at radius 1 is 1.50 bits per heavy atom. The lowest BCUT2D eigenvalue weighted by Crippen LogP contribution is -2.20. The molecule has 0 radical (unpaired) electrons. The van der Waals surface area contributed by atoms with E-state index in [4.69, 9.17) is 0 Å². The first-order valence-electron chi connectivity index (χ1n) is 7.26. The number of alkyl halides is 1. The molecule has 0 spiro atoms. The molecule has 0 saturated carbocycles. The molecule has 0 saturated heterocycles. The van der Waals surface area contributed by atoms with Crippen LogP contribution in [0.4, 0.5) is 4.39 Å². The standard InChI is InChI=1S/C18H20FN3/c1-3-15(6-5-12-22(2)13-10-19)8-9-17-14-16-7-4-11-20-18(16)21-17/h3-7,11,14H,10,12-13H2,1-2H3,(H,20,21)/b6-5-,15-3+. The number of H-pyrrole nitrogens is 1. The van der Waals surface area contributed by atoms with Crippen LogP contribution in [-0.2, 0) is 0 Å². The number of hydrogen-bond acceptors (Lipinski definition) is 2. The molecular weight excluding hydrogens is 277 g/mol. The quantitative estimate of drug-likeness (QED) is 0.678. The smallest absolute Gasteiger partial charge is 0.138 e. The third-order valence-corrected chi connectivity index (χ3v) is 3.23. The summed E-state index contributed by atoms with van der Waals surface area (Å²) in [5, 5.41) is 1.05. The van der Waals surface area contributed by atoms with Gasteiger partial charge in [-0.3, -0.25) is 0 Å².